The van der Waals surface area contributed by atoms with Crippen LogP contribution in [0.25, 0.3) is 0 Å². The number of anilines is 1. The zero-order valence-electron chi connectivity index (χ0n) is 13.5. The summed E-state index contributed by atoms with van der Waals surface area (Å²) in [7, 11) is 0. The molecule has 0 radical (unpaired) electrons. The third-order valence-corrected chi connectivity index (χ3v) is 4.60. The van der Waals surface area contributed by atoms with E-state index in [0.29, 0.717) is 11.8 Å². The van der Waals surface area contributed by atoms with Gasteiger partial charge in [-0.2, -0.15) is 0 Å². The van der Waals surface area contributed by atoms with E-state index >= 15 is 0 Å². The van der Waals surface area contributed by atoms with Crippen LogP contribution in [0.5, 0.6) is 0 Å². The highest BCUT2D eigenvalue weighted by Crippen LogP contribution is 2.39. The molecule has 2 aromatic rings. The Hall–Kier alpha value is -1.95. The minimum absolute atomic E-state index is 0.536. The summed E-state index contributed by atoms with van der Waals surface area (Å²) in [6.07, 6.45) is 3.60. The summed E-state index contributed by atoms with van der Waals surface area (Å²) in [5.41, 5.74) is 1.05. The lowest BCUT2D eigenvalue weighted by atomic mass is 10.1. The molecule has 2 aromatic heterocycles. The summed E-state index contributed by atoms with van der Waals surface area (Å²) < 4.78 is 5.76. The normalized spacial score (nSPS) is 21.7. The second-order valence-electron chi connectivity index (χ2n) is 6.74. The van der Waals surface area contributed by atoms with Gasteiger partial charge in [0.1, 0.15) is 5.82 Å². The van der Waals surface area contributed by atoms with E-state index in [1.54, 1.807) is 0 Å². The van der Waals surface area contributed by atoms with Crippen LogP contribution >= 0.6 is 0 Å². The van der Waals surface area contributed by atoms with Crippen molar-refractivity contribution >= 4 is 5.82 Å². The van der Waals surface area contributed by atoms with Gasteiger partial charge in [0.05, 0.1) is 6.54 Å². The van der Waals surface area contributed by atoms with Crippen molar-refractivity contribution in [2.24, 2.45) is 5.92 Å². The van der Waals surface area contributed by atoms with Crippen molar-refractivity contribution in [2.75, 3.05) is 25.0 Å². The summed E-state index contributed by atoms with van der Waals surface area (Å²) in [6.45, 7) is 5.92. The van der Waals surface area contributed by atoms with E-state index in [1.807, 2.05) is 25.1 Å². The van der Waals surface area contributed by atoms with Crippen LogP contribution in [-0.4, -0.2) is 39.7 Å². The van der Waals surface area contributed by atoms with Gasteiger partial charge in [0.2, 0.25) is 11.8 Å². The van der Waals surface area contributed by atoms with Crippen molar-refractivity contribution < 1.29 is 4.42 Å². The second-order valence-corrected chi connectivity index (χ2v) is 6.74. The Morgan fingerprint density at radius 1 is 1.26 bits per heavy atom. The number of aryl methyl sites for hydroxylation is 1. The van der Waals surface area contributed by atoms with Crippen LogP contribution in [0.2, 0.25) is 0 Å². The van der Waals surface area contributed by atoms with Crippen LogP contribution in [0.1, 0.15) is 42.7 Å². The van der Waals surface area contributed by atoms with Gasteiger partial charge in [0, 0.05) is 24.7 Å². The van der Waals surface area contributed by atoms with E-state index in [0.717, 1.165) is 49.5 Å². The number of aromatic nitrogens is 3. The molecule has 122 valence electrons. The van der Waals surface area contributed by atoms with Crippen LogP contribution in [0.3, 0.4) is 0 Å². The summed E-state index contributed by atoms with van der Waals surface area (Å²) >= 11 is 0. The Labute approximate surface area is 136 Å². The minimum Gasteiger partial charge on any atom is -0.424 e. The quantitative estimate of drug-likeness (QED) is 0.884. The molecule has 4 rings (SSSR count). The molecule has 2 aliphatic rings. The summed E-state index contributed by atoms with van der Waals surface area (Å²) in [6, 6.07) is 6.08. The Balaban J connectivity index is 1.25. The zero-order chi connectivity index (χ0) is 15.6. The number of hydrogen-bond acceptors (Lipinski definition) is 6. The molecular formula is C17H23N5O. The molecule has 23 heavy (non-hydrogen) atoms. The Kier molecular flexibility index (Phi) is 3.99. The van der Waals surface area contributed by atoms with Gasteiger partial charge in [-0.1, -0.05) is 6.07 Å². The first kappa shape index (κ1) is 14.6. The lowest BCUT2D eigenvalue weighted by Gasteiger charge is -2.14. The molecule has 1 saturated carbocycles. The van der Waals surface area contributed by atoms with Gasteiger partial charge < -0.3 is 9.73 Å². The van der Waals surface area contributed by atoms with Crippen molar-refractivity contribution in [3.8, 4) is 0 Å². The van der Waals surface area contributed by atoms with Crippen LogP contribution in [0.4, 0.5) is 5.82 Å². The van der Waals surface area contributed by atoms with Crippen LogP contribution in [0.15, 0.2) is 22.6 Å². The smallest absolute Gasteiger partial charge is 0.230 e. The molecule has 0 aromatic carbocycles. The number of hydrogen-bond donors (Lipinski definition) is 1. The van der Waals surface area contributed by atoms with Crippen LogP contribution < -0.4 is 5.32 Å². The second kappa shape index (κ2) is 6.28. The molecule has 1 N–H and O–H groups in total. The molecule has 0 spiro atoms. The van der Waals surface area contributed by atoms with E-state index in [9.17, 15) is 0 Å². The van der Waals surface area contributed by atoms with E-state index < -0.39 is 0 Å². The standard InChI is InChI=1S/C17H23N5O/c1-12-3-2-4-15(19-12)18-9-13-7-8-22(10-13)11-16-20-21-17(23-16)14-5-6-14/h2-4,13-14H,5-11H2,1H3,(H,18,19)/t13-/m1/s1. The molecule has 1 saturated heterocycles. The Morgan fingerprint density at radius 3 is 3.00 bits per heavy atom. The third kappa shape index (κ3) is 3.69. The number of nitrogens with one attached hydrogen (secondary N) is 1. The highest BCUT2D eigenvalue weighted by Gasteiger charge is 2.30. The monoisotopic (exact) mass is 313 g/mol. The average molecular weight is 313 g/mol. The molecule has 3 heterocycles. The molecule has 1 aliphatic heterocycles. The fourth-order valence-electron chi connectivity index (χ4n) is 3.13. The van der Waals surface area contributed by atoms with Crippen molar-refractivity contribution in [1.29, 1.82) is 0 Å². The van der Waals surface area contributed by atoms with Crippen LogP contribution in [0, 0.1) is 12.8 Å². The fourth-order valence-corrected chi connectivity index (χ4v) is 3.13. The SMILES string of the molecule is Cc1cccc(NC[C@H]2CCN(Cc3nnc(C4CC4)o3)C2)n1. The van der Waals surface area contributed by atoms with Gasteiger partial charge >= 0.3 is 0 Å². The summed E-state index contributed by atoms with van der Waals surface area (Å²) in [5.74, 6) is 3.75. The Bertz CT molecular complexity index is 667. The van der Waals surface area contributed by atoms with Gasteiger partial charge in [-0.3, -0.25) is 4.90 Å². The zero-order valence-corrected chi connectivity index (χ0v) is 13.5. The molecule has 6 heteroatoms. The average Bonchev–Trinajstić information content (AvgIpc) is 3.13. The molecule has 2 fully saturated rings. The highest BCUT2D eigenvalue weighted by molar-refractivity contribution is 5.35. The lowest BCUT2D eigenvalue weighted by molar-refractivity contribution is 0.278. The van der Waals surface area contributed by atoms with Gasteiger partial charge in [-0.05, 0) is 50.8 Å². The van der Waals surface area contributed by atoms with E-state index in [1.165, 1.54) is 19.3 Å². The van der Waals surface area contributed by atoms with Gasteiger partial charge in [0.15, 0.2) is 0 Å². The van der Waals surface area contributed by atoms with Gasteiger partial charge in [-0.25, -0.2) is 4.98 Å². The first-order chi connectivity index (χ1) is 11.3. The molecule has 1 atom stereocenters. The van der Waals surface area contributed by atoms with E-state index in [-0.39, 0.29) is 0 Å². The van der Waals surface area contributed by atoms with Crippen molar-refractivity contribution in [1.82, 2.24) is 20.1 Å². The highest BCUT2D eigenvalue weighted by atomic mass is 16.4. The molecule has 0 amide bonds. The maximum Gasteiger partial charge on any atom is 0.230 e. The predicted molar refractivity (Wildman–Crippen MR) is 87.1 cm³/mol. The molecule has 6 nitrogen and oxygen atoms in total. The minimum atomic E-state index is 0.536. The van der Waals surface area contributed by atoms with Crippen molar-refractivity contribution in [2.45, 2.75) is 38.6 Å². The fraction of sp³-hybridized carbons (Fsp3) is 0.588. The topological polar surface area (TPSA) is 67.1 Å². The first-order valence-corrected chi connectivity index (χ1v) is 8.48. The largest absolute Gasteiger partial charge is 0.424 e. The number of rotatable bonds is 6. The first-order valence-electron chi connectivity index (χ1n) is 8.48. The van der Waals surface area contributed by atoms with Crippen molar-refractivity contribution in [3.05, 3.63) is 35.7 Å². The third-order valence-electron chi connectivity index (χ3n) is 4.60. The van der Waals surface area contributed by atoms with Gasteiger partial charge in [0.25, 0.3) is 0 Å². The Morgan fingerprint density at radius 2 is 2.17 bits per heavy atom. The predicted octanol–water partition coefficient (Wildman–Crippen LogP) is 2.58. The molecular weight excluding hydrogens is 290 g/mol. The van der Waals surface area contributed by atoms with Gasteiger partial charge in [-0.15, -0.1) is 10.2 Å². The molecule has 0 bridgehead atoms. The maximum absolute atomic E-state index is 5.76. The lowest BCUT2D eigenvalue weighted by Crippen LogP contribution is -2.23. The van der Waals surface area contributed by atoms with Crippen molar-refractivity contribution in [3.63, 3.8) is 0 Å². The molecule has 0 unspecified atom stereocenters. The summed E-state index contributed by atoms with van der Waals surface area (Å²) in [4.78, 5) is 6.89. The molecule has 1 aliphatic carbocycles. The van der Waals surface area contributed by atoms with E-state index in [2.05, 4.69) is 25.4 Å². The van der Waals surface area contributed by atoms with Crippen LogP contribution in [-0.2, 0) is 6.54 Å². The summed E-state index contributed by atoms with van der Waals surface area (Å²) in [5, 5.41) is 11.8. The maximum atomic E-state index is 5.76. The van der Waals surface area contributed by atoms with E-state index in [4.69, 9.17) is 4.42 Å². The number of pyridine rings is 1. The number of nitrogens with zero attached hydrogens (tertiary/aromatic N) is 4. The number of likely N-dealkylation sites (tertiary alicyclic amines) is 1.